The molecule has 2 atom stereocenters. The number of ether oxygens (including phenoxy) is 1. The topological polar surface area (TPSA) is 29.5 Å². The Balaban J connectivity index is 1.96. The number of hydrogen-bond acceptors (Lipinski definition) is 2. The first kappa shape index (κ1) is 7.10. The van der Waals surface area contributed by atoms with Crippen molar-refractivity contribution in [1.29, 1.82) is 0 Å². The summed E-state index contributed by atoms with van der Waals surface area (Å²) in [6.07, 6.45) is 3.57. The number of likely N-dealkylation sites (tertiary alicyclic amines) is 1. The second-order valence-electron chi connectivity index (χ2n) is 3.35. The molecule has 0 aromatic rings. The molecule has 3 nitrogen and oxygen atoms in total. The smallest absolute Gasteiger partial charge is 0.209 e. The SMILES string of the molecule is O=CN1CCC2OCCC2C1. The molecule has 0 saturated carbocycles. The molecule has 0 bridgehead atoms. The molecule has 0 radical (unpaired) electrons. The molecule has 0 aromatic carbocycles. The first-order valence-electron chi connectivity index (χ1n) is 4.21. The summed E-state index contributed by atoms with van der Waals surface area (Å²) in [5.41, 5.74) is 0. The lowest BCUT2D eigenvalue weighted by Crippen LogP contribution is -2.40. The van der Waals surface area contributed by atoms with Gasteiger partial charge in [0.1, 0.15) is 0 Å². The van der Waals surface area contributed by atoms with E-state index in [1.807, 2.05) is 4.90 Å². The number of nitrogens with zero attached hydrogens (tertiary/aromatic N) is 1. The van der Waals surface area contributed by atoms with Crippen molar-refractivity contribution in [1.82, 2.24) is 4.90 Å². The predicted molar refractivity (Wildman–Crippen MR) is 40.1 cm³/mol. The van der Waals surface area contributed by atoms with Crippen LogP contribution in [0.5, 0.6) is 0 Å². The van der Waals surface area contributed by atoms with E-state index in [2.05, 4.69) is 0 Å². The van der Waals surface area contributed by atoms with Crippen molar-refractivity contribution in [3.63, 3.8) is 0 Å². The fourth-order valence-corrected chi connectivity index (χ4v) is 2.00. The lowest BCUT2D eigenvalue weighted by molar-refractivity contribution is -0.120. The van der Waals surface area contributed by atoms with Crippen LogP contribution < -0.4 is 0 Å². The molecular weight excluding hydrogens is 142 g/mol. The predicted octanol–water partition coefficient (Wildman–Crippen LogP) is 0.254. The minimum Gasteiger partial charge on any atom is -0.378 e. The van der Waals surface area contributed by atoms with Crippen molar-refractivity contribution in [2.24, 2.45) is 5.92 Å². The number of carbonyl (C=O) groups excluding carboxylic acids is 1. The molecule has 2 rings (SSSR count). The van der Waals surface area contributed by atoms with E-state index in [9.17, 15) is 4.79 Å². The van der Waals surface area contributed by atoms with Crippen LogP contribution in [0.4, 0.5) is 0 Å². The van der Waals surface area contributed by atoms with Gasteiger partial charge in [-0.1, -0.05) is 0 Å². The molecule has 2 aliphatic heterocycles. The lowest BCUT2D eigenvalue weighted by atomic mass is 9.95. The summed E-state index contributed by atoms with van der Waals surface area (Å²) in [7, 11) is 0. The monoisotopic (exact) mass is 155 g/mol. The van der Waals surface area contributed by atoms with E-state index in [4.69, 9.17) is 4.74 Å². The highest BCUT2D eigenvalue weighted by Crippen LogP contribution is 2.27. The Morgan fingerprint density at radius 1 is 1.45 bits per heavy atom. The molecule has 0 aromatic heterocycles. The molecule has 3 heteroatoms. The molecule has 0 aliphatic carbocycles. The van der Waals surface area contributed by atoms with Crippen molar-refractivity contribution in [2.75, 3.05) is 19.7 Å². The van der Waals surface area contributed by atoms with Crippen molar-refractivity contribution in [3.05, 3.63) is 0 Å². The lowest BCUT2D eigenvalue weighted by Gasteiger charge is -2.31. The summed E-state index contributed by atoms with van der Waals surface area (Å²) >= 11 is 0. The third-order valence-electron chi connectivity index (χ3n) is 2.67. The van der Waals surface area contributed by atoms with Crippen LogP contribution in [-0.4, -0.2) is 37.1 Å². The highest BCUT2D eigenvalue weighted by Gasteiger charge is 2.33. The first-order valence-corrected chi connectivity index (χ1v) is 4.21. The molecule has 0 N–H and O–H groups in total. The maximum atomic E-state index is 10.4. The van der Waals surface area contributed by atoms with Gasteiger partial charge in [-0.05, 0) is 12.8 Å². The van der Waals surface area contributed by atoms with Crippen molar-refractivity contribution >= 4 is 6.41 Å². The molecule has 0 spiro atoms. The zero-order valence-corrected chi connectivity index (χ0v) is 6.53. The average Bonchev–Trinajstić information content (AvgIpc) is 2.50. The van der Waals surface area contributed by atoms with Gasteiger partial charge in [-0.3, -0.25) is 4.79 Å². The van der Waals surface area contributed by atoms with Crippen molar-refractivity contribution < 1.29 is 9.53 Å². The van der Waals surface area contributed by atoms with Gasteiger partial charge in [-0.15, -0.1) is 0 Å². The van der Waals surface area contributed by atoms with Gasteiger partial charge in [0, 0.05) is 25.6 Å². The summed E-state index contributed by atoms with van der Waals surface area (Å²) in [5, 5.41) is 0. The van der Waals surface area contributed by atoms with Crippen molar-refractivity contribution in [2.45, 2.75) is 18.9 Å². The maximum absolute atomic E-state index is 10.4. The van der Waals surface area contributed by atoms with Gasteiger partial charge in [0.25, 0.3) is 0 Å². The summed E-state index contributed by atoms with van der Waals surface area (Å²) in [6.45, 7) is 2.68. The van der Waals surface area contributed by atoms with Crippen LogP contribution in [0.2, 0.25) is 0 Å². The fraction of sp³-hybridized carbons (Fsp3) is 0.875. The van der Waals surface area contributed by atoms with E-state index in [0.717, 1.165) is 38.9 Å². The van der Waals surface area contributed by atoms with Gasteiger partial charge in [-0.2, -0.15) is 0 Å². The molecule has 2 heterocycles. The van der Waals surface area contributed by atoms with Crippen LogP contribution in [0.3, 0.4) is 0 Å². The molecule has 2 saturated heterocycles. The molecule has 62 valence electrons. The number of fused-ring (bicyclic) bond motifs is 1. The van der Waals surface area contributed by atoms with E-state index >= 15 is 0 Å². The van der Waals surface area contributed by atoms with E-state index in [1.54, 1.807) is 0 Å². The first-order chi connectivity index (χ1) is 5.40. The van der Waals surface area contributed by atoms with Gasteiger partial charge >= 0.3 is 0 Å². The second kappa shape index (κ2) is 2.81. The molecule has 11 heavy (non-hydrogen) atoms. The van der Waals surface area contributed by atoms with Gasteiger partial charge in [0.2, 0.25) is 6.41 Å². The Morgan fingerprint density at radius 3 is 3.18 bits per heavy atom. The number of amides is 1. The Kier molecular flexibility index (Phi) is 1.82. The molecule has 2 fully saturated rings. The molecule has 2 unspecified atom stereocenters. The quantitative estimate of drug-likeness (QED) is 0.508. The highest BCUT2D eigenvalue weighted by molar-refractivity contribution is 5.47. The third-order valence-corrected chi connectivity index (χ3v) is 2.67. The summed E-state index contributed by atoms with van der Waals surface area (Å²) < 4.78 is 5.51. The summed E-state index contributed by atoms with van der Waals surface area (Å²) in [6, 6.07) is 0. The Morgan fingerprint density at radius 2 is 2.36 bits per heavy atom. The van der Waals surface area contributed by atoms with E-state index in [-0.39, 0.29) is 0 Å². The minimum atomic E-state index is 0.450. The zero-order chi connectivity index (χ0) is 7.68. The van der Waals surface area contributed by atoms with E-state index in [0.29, 0.717) is 12.0 Å². The number of rotatable bonds is 1. The maximum Gasteiger partial charge on any atom is 0.209 e. The second-order valence-corrected chi connectivity index (χ2v) is 3.35. The van der Waals surface area contributed by atoms with Crippen LogP contribution in [0.15, 0.2) is 0 Å². The van der Waals surface area contributed by atoms with Crippen LogP contribution in [-0.2, 0) is 9.53 Å². The molecule has 2 aliphatic rings. The van der Waals surface area contributed by atoms with Gasteiger partial charge in [0.15, 0.2) is 0 Å². The highest BCUT2D eigenvalue weighted by atomic mass is 16.5. The van der Waals surface area contributed by atoms with Crippen LogP contribution in [0.1, 0.15) is 12.8 Å². The van der Waals surface area contributed by atoms with Gasteiger partial charge < -0.3 is 9.64 Å². The summed E-state index contributed by atoms with van der Waals surface area (Å²) in [5.74, 6) is 0.619. The molecular formula is C8H13NO2. The third kappa shape index (κ3) is 1.25. The minimum absolute atomic E-state index is 0.450. The molecule has 1 amide bonds. The van der Waals surface area contributed by atoms with Gasteiger partial charge in [0.05, 0.1) is 6.10 Å². The number of hydrogen-bond donors (Lipinski definition) is 0. The Bertz CT molecular complexity index is 160. The number of piperidine rings is 1. The zero-order valence-electron chi connectivity index (χ0n) is 6.53. The van der Waals surface area contributed by atoms with Crippen molar-refractivity contribution in [3.8, 4) is 0 Å². The number of carbonyl (C=O) groups is 1. The van der Waals surface area contributed by atoms with Crippen LogP contribution >= 0.6 is 0 Å². The Labute approximate surface area is 66.3 Å². The van der Waals surface area contributed by atoms with E-state index in [1.165, 1.54) is 0 Å². The van der Waals surface area contributed by atoms with E-state index < -0.39 is 0 Å². The Hall–Kier alpha value is -0.570. The standard InChI is InChI=1S/C8H13NO2/c10-6-9-3-1-8-7(5-9)2-4-11-8/h6-8H,1-5H2. The van der Waals surface area contributed by atoms with Crippen LogP contribution in [0, 0.1) is 5.92 Å². The fourth-order valence-electron chi connectivity index (χ4n) is 2.00. The largest absolute Gasteiger partial charge is 0.378 e. The summed E-state index contributed by atoms with van der Waals surface area (Å²) in [4.78, 5) is 12.3. The van der Waals surface area contributed by atoms with Gasteiger partial charge in [-0.25, -0.2) is 0 Å². The normalized spacial score (nSPS) is 36.9. The van der Waals surface area contributed by atoms with Crippen LogP contribution in [0.25, 0.3) is 0 Å². The average molecular weight is 155 g/mol.